The van der Waals surface area contributed by atoms with Gasteiger partial charge in [-0.15, -0.1) is 0 Å². The van der Waals surface area contributed by atoms with Crippen LogP contribution in [0, 0.1) is 0 Å². The van der Waals surface area contributed by atoms with Crippen molar-refractivity contribution in [2.75, 3.05) is 11.9 Å². The highest BCUT2D eigenvalue weighted by Gasteiger charge is 2.13. The van der Waals surface area contributed by atoms with Crippen LogP contribution in [-0.4, -0.2) is 37.3 Å². The number of anilines is 2. The number of fused-ring (bicyclic) bond motifs is 1. The van der Waals surface area contributed by atoms with Gasteiger partial charge in [0.15, 0.2) is 5.65 Å². The lowest BCUT2D eigenvalue weighted by Gasteiger charge is -2.05. The van der Waals surface area contributed by atoms with E-state index in [1.165, 1.54) is 6.33 Å². The summed E-state index contributed by atoms with van der Waals surface area (Å²) in [6.07, 6.45) is 4.87. The van der Waals surface area contributed by atoms with Gasteiger partial charge in [0.1, 0.15) is 17.8 Å². The Bertz CT molecular complexity index is 1050. The Kier molecular flexibility index (Phi) is 4.06. The van der Waals surface area contributed by atoms with Crippen LogP contribution >= 0.6 is 0 Å². The fourth-order valence-electron chi connectivity index (χ4n) is 2.63. The number of esters is 1. The molecule has 0 amide bonds. The van der Waals surface area contributed by atoms with Gasteiger partial charge < -0.3 is 15.0 Å². The minimum absolute atomic E-state index is 0.325. The summed E-state index contributed by atoms with van der Waals surface area (Å²) < 4.78 is 6.73. The van der Waals surface area contributed by atoms with Gasteiger partial charge in [0.25, 0.3) is 0 Å². The molecule has 8 nitrogen and oxygen atoms in total. The molecule has 0 bridgehead atoms. The maximum absolute atomic E-state index is 11.8. The predicted octanol–water partition coefficient (Wildman–Crippen LogP) is 3.06. The number of ether oxygens (including phenoxy) is 1. The third-order valence-corrected chi connectivity index (χ3v) is 3.81. The number of carbonyl (C=O) groups is 1. The minimum atomic E-state index is -0.398. The van der Waals surface area contributed by atoms with Crippen LogP contribution in [0.3, 0.4) is 0 Å². The Hall–Kier alpha value is -3.68. The molecule has 0 spiro atoms. The number of hydrogen-bond acceptors (Lipinski definition) is 6. The molecule has 0 aliphatic carbocycles. The molecule has 4 aromatic rings. The third-order valence-electron chi connectivity index (χ3n) is 3.81. The quantitative estimate of drug-likeness (QED) is 0.538. The van der Waals surface area contributed by atoms with E-state index in [-0.39, 0.29) is 0 Å². The van der Waals surface area contributed by atoms with E-state index in [0.29, 0.717) is 29.5 Å². The van der Waals surface area contributed by atoms with Crippen LogP contribution in [0.25, 0.3) is 16.7 Å². The first kappa shape index (κ1) is 15.8. The van der Waals surface area contributed by atoms with Crippen LogP contribution in [-0.2, 0) is 4.74 Å². The van der Waals surface area contributed by atoms with E-state index >= 15 is 0 Å². The fraction of sp³-hybridized carbons (Fsp3) is 0.111. The van der Waals surface area contributed by atoms with Gasteiger partial charge in [0.05, 0.1) is 29.6 Å². The van der Waals surface area contributed by atoms with Crippen molar-refractivity contribution in [3.05, 3.63) is 60.8 Å². The van der Waals surface area contributed by atoms with Crippen molar-refractivity contribution in [3.63, 3.8) is 0 Å². The van der Waals surface area contributed by atoms with Crippen LogP contribution in [0.2, 0.25) is 0 Å². The highest BCUT2D eigenvalue weighted by molar-refractivity contribution is 5.91. The first-order valence-corrected chi connectivity index (χ1v) is 8.13. The van der Waals surface area contributed by atoms with Crippen LogP contribution in [0.5, 0.6) is 0 Å². The first-order valence-electron chi connectivity index (χ1n) is 8.13. The number of aromatic nitrogens is 5. The van der Waals surface area contributed by atoms with E-state index in [0.717, 1.165) is 11.1 Å². The van der Waals surface area contributed by atoms with Crippen molar-refractivity contribution in [1.29, 1.82) is 0 Å². The Morgan fingerprint density at radius 1 is 1.27 bits per heavy atom. The highest BCUT2D eigenvalue weighted by Crippen LogP contribution is 2.24. The molecular weight excluding hydrogens is 332 g/mol. The van der Waals surface area contributed by atoms with E-state index in [1.807, 2.05) is 30.3 Å². The number of benzene rings is 1. The van der Waals surface area contributed by atoms with Gasteiger partial charge in [-0.1, -0.05) is 18.2 Å². The van der Waals surface area contributed by atoms with Gasteiger partial charge in [-0.3, -0.25) is 0 Å². The summed E-state index contributed by atoms with van der Waals surface area (Å²) in [4.78, 5) is 23.3. The molecule has 0 fully saturated rings. The fourth-order valence-corrected chi connectivity index (χ4v) is 2.63. The molecule has 3 heterocycles. The molecule has 0 saturated carbocycles. The van der Waals surface area contributed by atoms with Gasteiger partial charge in [-0.2, -0.15) is 5.10 Å². The summed E-state index contributed by atoms with van der Waals surface area (Å²) in [6.45, 7) is 2.09. The van der Waals surface area contributed by atoms with E-state index in [2.05, 4.69) is 25.4 Å². The summed E-state index contributed by atoms with van der Waals surface area (Å²) in [7, 11) is 0. The van der Waals surface area contributed by atoms with E-state index in [4.69, 9.17) is 4.74 Å². The Balaban J connectivity index is 1.66. The van der Waals surface area contributed by atoms with Crippen LogP contribution in [0.15, 0.2) is 55.1 Å². The lowest BCUT2D eigenvalue weighted by atomic mass is 10.3. The molecule has 8 heteroatoms. The zero-order valence-corrected chi connectivity index (χ0v) is 14.0. The smallest absolute Gasteiger partial charge is 0.354 e. The number of carbonyl (C=O) groups excluding carboxylic acids is 1. The topological polar surface area (TPSA) is 97.7 Å². The van der Waals surface area contributed by atoms with Gasteiger partial charge in [-0.25, -0.2) is 19.4 Å². The number of H-pyrrole nitrogens is 1. The molecule has 4 rings (SSSR count). The molecule has 26 heavy (non-hydrogen) atoms. The Morgan fingerprint density at radius 2 is 2.12 bits per heavy atom. The molecule has 3 aromatic heterocycles. The summed E-state index contributed by atoms with van der Waals surface area (Å²) >= 11 is 0. The van der Waals surface area contributed by atoms with E-state index < -0.39 is 5.97 Å². The zero-order valence-electron chi connectivity index (χ0n) is 14.0. The van der Waals surface area contributed by atoms with Crippen molar-refractivity contribution >= 4 is 28.5 Å². The number of aromatic amines is 1. The summed E-state index contributed by atoms with van der Waals surface area (Å²) in [5.41, 5.74) is 2.67. The number of nitrogens with zero attached hydrogens (tertiary/aromatic N) is 4. The largest absolute Gasteiger partial charge is 0.461 e. The second kappa shape index (κ2) is 6.67. The monoisotopic (exact) mass is 348 g/mol. The second-order valence-corrected chi connectivity index (χ2v) is 5.50. The van der Waals surface area contributed by atoms with Gasteiger partial charge >= 0.3 is 5.97 Å². The maximum atomic E-state index is 11.8. The lowest BCUT2D eigenvalue weighted by molar-refractivity contribution is 0.0520. The summed E-state index contributed by atoms with van der Waals surface area (Å²) in [5, 5.41) is 8.38. The van der Waals surface area contributed by atoms with Crippen molar-refractivity contribution in [1.82, 2.24) is 24.7 Å². The summed E-state index contributed by atoms with van der Waals surface area (Å²) in [5.74, 6) is 0.205. The SMILES string of the molecule is CCOC(=O)c1cc(Nc2ncnc3c2cnn3-c2ccccc2)c[nH]1. The van der Waals surface area contributed by atoms with Crippen LogP contribution < -0.4 is 5.32 Å². The summed E-state index contributed by atoms with van der Waals surface area (Å²) in [6, 6.07) is 11.4. The zero-order chi connectivity index (χ0) is 17.9. The molecule has 0 saturated heterocycles. The van der Waals surface area contributed by atoms with E-state index in [9.17, 15) is 4.79 Å². The standard InChI is InChI=1S/C18H16N6O2/c1-2-26-18(25)15-8-12(9-19-15)23-16-14-10-22-24(17(14)21-11-20-16)13-6-4-3-5-7-13/h3-11,19H,2H2,1H3,(H,20,21,23). The number of rotatable bonds is 5. The molecule has 0 atom stereocenters. The minimum Gasteiger partial charge on any atom is -0.461 e. The van der Waals surface area contributed by atoms with Crippen LogP contribution in [0.4, 0.5) is 11.5 Å². The van der Waals surface area contributed by atoms with Gasteiger partial charge in [-0.05, 0) is 25.1 Å². The second-order valence-electron chi connectivity index (χ2n) is 5.50. The molecule has 0 aliphatic heterocycles. The molecule has 130 valence electrons. The van der Waals surface area contributed by atoms with Crippen molar-refractivity contribution in [2.45, 2.75) is 6.92 Å². The van der Waals surface area contributed by atoms with Crippen molar-refractivity contribution < 1.29 is 9.53 Å². The molecular formula is C18H16N6O2. The van der Waals surface area contributed by atoms with E-state index in [1.54, 1.807) is 30.1 Å². The lowest BCUT2D eigenvalue weighted by Crippen LogP contribution is -2.04. The number of nitrogens with one attached hydrogen (secondary N) is 2. The first-order chi connectivity index (χ1) is 12.8. The Morgan fingerprint density at radius 3 is 2.92 bits per heavy atom. The van der Waals surface area contributed by atoms with Crippen LogP contribution in [0.1, 0.15) is 17.4 Å². The molecule has 2 N–H and O–H groups in total. The predicted molar refractivity (Wildman–Crippen MR) is 96.7 cm³/mol. The molecule has 0 unspecified atom stereocenters. The highest BCUT2D eigenvalue weighted by atomic mass is 16.5. The van der Waals surface area contributed by atoms with Crippen molar-refractivity contribution in [2.24, 2.45) is 0 Å². The average Bonchev–Trinajstić information content (AvgIpc) is 3.30. The number of para-hydroxylation sites is 1. The average molecular weight is 348 g/mol. The number of hydrogen-bond donors (Lipinski definition) is 2. The molecule has 0 radical (unpaired) electrons. The van der Waals surface area contributed by atoms with Gasteiger partial charge in [0, 0.05) is 6.20 Å². The Labute approximate surface area is 148 Å². The van der Waals surface area contributed by atoms with Gasteiger partial charge in [0.2, 0.25) is 0 Å². The maximum Gasteiger partial charge on any atom is 0.354 e. The third kappa shape index (κ3) is 2.88. The molecule has 1 aromatic carbocycles. The molecule has 0 aliphatic rings. The van der Waals surface area contributed by atoms with Crippen molar-refractivity contribution in [3.8, 4) is 5.69 Å². The normalized spacial score (nSPS) is 10.8.